The summed E-state index contributed by atoms with van der Waals surface area (Å²) in [5, 5.41) is 2.47. The molecule has 0 aromatic rings. The first-order valence-electron chi connectivity index (χ1n) is 3.57. The van der Waals surface area contributed by atoms with Gasteiger partial charge in [-0.25, -0.2) is 0 Å². The standard InChI is InChI=1S/C7H14N2O2/c1-5(7(8)11)3-4-6(10)9-2/h5H,3-4H2,1-2H3,(H2,8,11)(H,9,10). The molecule has 0 radical (unpaired) electrons. The van der Waals surface area contributed by atoms with Crippen molar-refractivity contribution in [2.45, 2.75) is 19.8 Å². The maximum absolute atomic E-state index is 10.7. The van der Waals surface area contributed by atoms with Crippen LogP contribution in [0.2, 0.25) is 0 Å². The van der Waals surface area contributed by atoms with Gasteiger partial charge in [0.25, 0.3) is 0 Å². The van der Waals surface area contributed by atoms with Crippen LogP contribution in [-0.2, 0) is 9.59 Å². The van der Waals surface area contributed by atoms with Crippen molar-refractivity contribution in [1.29, 1.82) is 0 Å². The number of hydrogen-bond donors (Lipinski definition) is 2. The molecule has 1 atom stereocenters. The van der Waals surface area contributed by atoms with Crippen molar-refractivity contribution in [3.05, 3.63) is 0 Å². The lowest BCUT2D eigenvalue weighted by atomic mass is 10.1. The van der Waals surface area contributed by atoms with Gasteiger partial charge in [0.15, 0.2) is 0 Å². The van der Waals surface area contributed by atoms with Gasteiger partial charge in [-0.3, -0.25) is 9.59 Å². The molecule has 0 heterocycles. The van der Waals surface area contributed by atoms with E-state index in [4.69, 9.17) is 5.73 Å². The molecule has 0 aromatic carbocycles. The zero-order valence-corrected chi connectivity index (χ0v) is 6.89. The van der Waals surface area contributed by atoms with E-state index < -0.39 is 0 Å². The average Bonchev–Trinajstić information content (AvgIpc) is 1.99. The summed E-state index contributed by atoms with van der Waals surface area (Å²) in [4.78, 5) is 21.2. The van der Waals surface area contributed by atoms with Crippen LogP contribution in [0.5, 0.6) is 0 Å². The topological polar surface area (TPSA) is 72.2 Å². The number of nitrogens with one attached hydrogen (secondary N) is 1. The molecule has 1 unspecified atom stereocenters. The Labute approximate surface area is 66.1 Å². The Morgan fingerprint density at radius 1 is 1.55 bits per heavy atom. The first kappa shape index (κ1) is 9.94. The van der Waals surface area contributed by atoms with Crippen LogP contribution in [0.25, 0.3) is 0 Å². The largest absolute Gasteiger partial charge is 0.369 e. The van der Waals surface area contributed by atoms with E-state index in [1.165, 1.54) is 0 Å². The van der Waals surface area contributed by atoms with E-state index >= 15 is 0 Å². The maximum Gasteiger partial charge on any atom is 0.220 e. The molecule has 0 aliphatic carbocycles. The number of primary amides is 1. The minimum Gasteiger partial charge on any atom is -0.369 e. The van der Waals surface area contributed by atoms with Gasteiger partial charge >= 0.3 is 0 Å². The van der Waals surface area contributed by atoms with E-state index in [-0.39, 0.29) is 17.7 Å². The van der Waals surface area contributed by atoms with E-state index in [0.717, 1.165) is 0 Å². The molecular formula is C7H14N2O2. The van der Waals surface area contributed by atoms with Crippen LogP contribution in [0.1, 0.15) is 19.8 Å². The van der Waals surface area contributed by atoms with Crippen molar-refractivity contribution >= 4 is 11.8 Å². The van der Waals surface area contributed by atoms with Gasteiger partial charge in [-0.05, 0) is 6.42 Å². The van der Waals surface area contributed by atoms with E-state index in [1.54, 1.807) is 14.0 Å². The van der Waals surface area contributed by atoms with Crippen LogP contribution in [-0.4, -0.2) is 18.9 Å². The van der Waals surface area contributed by atoms with Crippen molar-refractivity contribution in [1.82, 2.24) is 5.32 Å². The Hall–Kier alpha value is -1.06. The lowest BCUT2D eigenvalue weighted by Gasteiger charge is -2.04. The van der Waals surface area contributed by atoms with Gasteiger partial charge in [0, 0.05) is 19.4 Å². The second kappa shape index (κ2) is 4.71. The van der Waals surface area contributed by atoms with Gasteiger partial charge < -0.3 is 11.1 Å². The summed E-state index contributed by atoms with van der Waals surface area (Å²) >= 11 is 0. The second-order valence-corrected chi connectivity index (χ2v) is 2.52. The SMILES string of the molecule is CNC(=O)CCC(C)C(N)=O. The van der Waals surface area contributed by atoms with Gasteiger partial charge in [0.1, 0.15) is 0 Å². The zero-order chi connectivity index (χ0) is 8.85. The fraction of sp³-hybridized carbons (Fsp3) is 0.714. The summed E-state index contributed by atoms with van der Waals surface area (Å²) in [5.41, 5.74) is 4.99. The van der Waals surface area contributed by atoms with Crippen LogP contribution >= 0.6 is 0 Å². The third kappa shape index (κ3) is 4.36. The normalized spacial score (nSPS) is 12.2. The molecule has 0 saturated carbocycles. The Morgan fingerprint density at radius 3 is 2.45 bits per heavy atom. The number of carbonyl (C=O) groups excluding carboxylic acids is 2. The van der Waals surface area contributed by atoms with Crippen LogP contribution in [0.3, 0.4) is 0 Å². The number of hydrogen-bond acceptors (Lipinski definition) is 2. The summed E-state index contributed by atoms with van der Waals surface area (Å²) < 4.78 is 0. The zero-order valence-electron chi connectivity index (χ0n) is 6.89. The molecule has 11 heavy (non-hydrogen) atoms. The van der Waals surface area contributed by atoms with Crippen molar-refractivity contribution < 1.29 is 9.59 Å². The van der Waals surface area contributed by atoms with Gasteiger partial charge in [0.05, 0.1) is 0 Å². The molecule has 0 aliphatic heterocycles. The van der Waals surface area contributed by atoms with E-state index in [0.29, 0.717) is 12.8 Å². The van der Waals surface area contributed by atoms with E-state index in [1.807, 2.05) is 0 Å². The predicted molar refractivity (Wildman–Crippen MR) is 41.7 cm³/mol. The Bertz CT molecular complexity index is 157. The highest BCUT2D eigenvalue weighted by Crippen LogP contribution is 2.03. The molecule has 0 saturated heterocycles. The van der Waals surface area contributed by atoms with Gasteiger partial charge in [0.2, 0.25) is 11.8 Å². The minimum absolute atomic E-state index is 0.0573. The van der Waals surface area contributed by atoms with E-state index in [2.05, 4.69) is 5.32 Å². The average molecular weight is 158 g/mol. The molecule has 0 spiro atoms. The number of nitrogens with two attached hydrogens (primary N) is 1. The highest BCUT2D eigenvalue weighted by atomic mass is 16.2. The van der Waals surface area contributed by atoms with Crippen LogP contribution in [0, 0.1) is 5.92 Å². The number of rotatable bonds is 4. The van der Waals surface area contributed by atoms with Crippen LogP contribution in [0.15, 0.2) is 0 Å². The molecule has 2 amide bonds. The summed E-state index contributed by atoms with van der Waals surface area (Å²) in [6.07, 6.45) is 0.885. The molecular weight excluding hydrogens is 144 g/mol. The van der Waals surface area contributed by atoms with Crippen molar-refractivity contribution in [3.63, 3.8) is 0 Å². The summed E-state index contributed by atoms with van der Waals surface area (Å²) in [7, 11) is 1.57. The van der Waals surface area contributed by atoms with Crippen molar-refractivity contribution in [2.75, 3.05) is 7.05 Å². The second-order valence-electron chi connectivity index (χ2n) is 2.52. The molecule has 4 nitrogen and oxygen atoms in total. The monoisotopic (exact) mass is 158 g/mol. The molecule has 0 aliphatic rings. The quantitative estimate of drug-likeness (QED) is 0.586. The highest BCUT2D eigenvalue weighted by molar-refractivity contribution is 5.79. The minimum atomic E-state index is -0.353. The molecule has 0 bridgehead atoms. The fourth-order valence-electron chi connectivity index (χ4n) is 0.615. The first-order valence-corrected chi connectivity index (χ1v) is 3.57. The number of amides is 2. The first-order chi connectivity index (χ1) is 5.07. The smallest absolute Gasteiger partial charge is 0.220 e. The summed E-state index contributed by atoms with van der Waals surface area (Å²) in [6.45, 7) is 1.71. The summed E-state index contributed by atoms with van der Waals surface area (Å²) in [6, 6.07) is 0. The lowest BCUT2D eigenvalue weighted by Crippen LogP contribution is -2.24. The molecule has 4 heteroatoms. The van der Waals surface area contributed by atoms with Crippen LogP contribution in [0.4, 0.5) is 0 Å². The molecule has 0 aromatic heterocycles. The van der Waals surface area contributed by atoms with Crippen molar-refractivity contribution in [2.24, 2.45) is 11.7 Å². The fourth-order valence-corrected chi connectivity index (χ4v) is 0.615. The highest BCUT2D eigenvalue weighted by Gasteiger charge is 2.09. The van der Waals surface area contributed by atoms with Gasteiger partial charge in [-0.15, -0.1) is 0 Å². The molecule has 0 fully saturated rings. The van der Waals surface area contributed by atoms with Gasteiger partial charge in [-0.2, -0.15) is 0 Å². The third-order valence-corrected chi connectivity index (χ3v) is 1.57. The Balaban J connectivity index is 3.54. The molecule has 0 rings (SSSR count). The third-order valence-electron chi connectivity index (χ3n) is 1.57. The van der Waals surface area contributed by atoms with Gasteiger partial charge in [-0.1, -0.05) is 6.92 Å². The lowest BCUT2D eigenvalue weighted by molar-refractivity contribution is -0.123. The van der Waals surface area contributed by atoms with E-state index in [9.17, 15) is 9.59 Å². The summed E-state index contributed by atoms with van der Waals surface area (Å²) in [5.74, 6) is -0.626. The molecule has 64 valence electrons. The predicted octanol–water partition coefficient (Wildman–Crippen LogP) is -0.366. The Kier molecular flexibility index (Phi) is 4.26. The van der Waals surface area contributed by atoms with Crippen LogP contribution < -0.4 is 11.1 Å². The maximum atomic E-state index is 10.7. The number of carbonyl (C=O) groups is 2. The Morgan fingerprint density at radius 2 is 2.09 bits per heavy atom. The molecule has 3 N–H and O–H groups in total. The van der Waals surface area contributed by atoms with Crippen molar-refractivity contribution in [3.8, 4) is 0 Å².